The summed E-state index contributed by atoms with van der Waals surface area (Å²) in [5.41, 5.74) is 9.99. The molecule has 0 unspecified atom stereocenters. The third kappa shape index (κ3) is 15.0. The molecule has 4 fully saturated rings. The van der Waals surface area contributed by atoms with Crippen molar-refractivity contribution in [3.8, 4) is 28.7 Å². The van der Waals surface area contributed by atoms with Gasteiger partial charge in [0, 0.05) is 89.8 Å². The summed E-state index contributed by atoms with van der Waals surface area (Å²) in [4.78, 5) is 53.6. The number of carbonyl (C=O) groups excluding carboxylic acids is 3. The number of nitrogens with zero attached hydrogens (tertiary/aromatic N) is 6. The fourth-order valence-electron chi connectivity index (χ4n) is 12.6. The maximum Gasteiger partial charge on any atom is 2.00 e. The Morgan fingerprint density at radius 1 is 0.573 bits per heavy atom. The average molecular weight is 1160 g/mol. The van der Waals surface area contributed by atoms with Crippen LogP contribution in [0.5, 0.6) is 28.7 Å². The van der Waals surface area contributed by atoms with Crippen molar-refractivity contribution in [2.75, 3.05) is 102 Å². The van der Waals surface area contributed by atoms with E-state index in [2.05, 4.69) is 91.1 Å². The topological polar surface area (TPSA) is 135 Å². The van der Waals surface area contributed by atoms with Crippen LogP contribution in [0.2, 0.25) is 0 Å². The first-order valence-corrected chi connectivity index (χ1v) is 27.7. The van der Waals surface area contributed by atoms with E-state index in [9.17, 15) is 14.4 Å². The molecule has 82 heavy (non-hydrogen) atoms. The number of allylic oxidation sites excluding steroid dienone is 2. The molecule has 5 aliphatic rings. The number of amides is 5. The van der Waals surface area contributed by atoms with Crippen molar-refractivity contribution in [2.45, 2.75) is 110 Å². The molecule has 9 rings (SSSR count). The van der Waals surface area contributed by atoms with Crippen molar-refractivity contribution in [1.82, 2.24) is 29.4 Å². The number of hydrogen-bond donors (Lipinski definition) is 0. The largest absolute Gasteiger partial charge is 2.00 e. The maximum atomic E-state index is 14.1. The third-order valence-corrected chi connectivity index (χ3v) is 16.1. The van der Waals surface area contributed by atoms with E-state index in [-0.39, 0.29) is 70.9 Å². The molecule has 0 bridgehead atoms. The van der Waals surface area contributed by atoms with Gasteiger partial charge in [0.2, 0.25) is 0 Å². The minimum absolute atomic E-state index is 0. The SMILES string of the molecule is C=C([CH2-])C.COCCN1C(=O)N(Cc2cc(C)cc(OC)c2)C(=O)C12CCN(Cc1cc(OC)cc(OC)c1)CC2.COCCN1C(=O)N2Cc3cc(C)cc(C)c3C(C)(C)C=C2C12CCN(Cc1cc(OC)cc(OC)c1)CC2.[Cl-].[Mg+2]. The Morgan fingerprint density at radius 2 is 0.976 bits per heavy atom. The molecule has 16 nitrogen and oxygen atoms in total. The van der Waals surface area contributed by atoms with Gasteiger partial charge in [-0.15, -0.1) is 0 Å². The number of likely N-dealkylation sites (tertiary alicyclic amines) is 2. The molecule has 2 spiro atoms. The fourth-order valence-corrected chi connectivity index (χ4v) is 12.6. The van der Waals surface area contributed by atoms with Crippen LogP contribution in [0.15, 0.2) is 90.7 Å². The van der Waals surface area contributed by atoms with Crippen LogP contribution in [-0.2, 0) is 45.9 Å². The smallest absolute Gasteiger partial charge is 1.00 e. The van der Waals surface area contributed by atoms with Crippen molar-refractivity contribution in [2.24, 2.45) is 0 Å². The summed E-state index contributed by atoms with van der Waals surface area (Å²) in [6.07, 6.45) is 5.30. The third-order valence-electron chi connectivity index (χ3n) is 16.1. The van der Waals surface area contributed by atoms with Crippen molar-refractivity contribution in [1.29, 1.82) is 0 Å². The molecule has 4 saturated heterocycles. The fraction of sp³-hybridized carbons (Fsp3) is 0.500. The van der Waals surface area contributed by atoms with Crippen LogP contribution in [0.25, 0.3) is 0 Å². The second kappa shape index (κ2) is 29.2. The van der Waals surface area contributed by atoms with E-state index in [0.29, 0.717) is 71.1 Å². The molecule has 5 amide bonds. The van der Waals surface area contributed by atoms with Gasteiger partial charge in [0.05, 0.1) is 67.4 Å². The van der Waals surface area contributed by atoms with Crippen LogP contribution in [0.1, 0.15) is 91.0 Å². The van der Waals surface area contributed by atoms with Gasteiger partial charge in [0.15, 0.2) is 0 Å². The standard InChI is InChI=1S/C32H43N3O4.C28H37N3O6.C4H7.ClH.Mg/c1-22-14-23(2)29-25(15-22)21-34-28(19-31(29,3)4)32(35(30(34)36)12-13-37-5)8-10-33(11-9-32)20-24-16-26(38-6)18-27(17-24)39-7;1-20-12-21(14-23(13-20)35-3)19-30-26(32)28(31(27(30)33)10-11-34-2)6-8-29(9-7-28)18-22-15-24(36-4)17-25(16-22)37-5;1-4(2)3;;/h14-19H,8-13,20-21H2,1-7H3;12-17H,6-11,18-19H2,1-5H3;1-2H2,3H3;1H;/q;;-1;;+2/p-1. The number of hydrogen-bond acceptors (Lipinski definition) is 12. The number of rotatable bonds is 17. The predicted molar refractivity (Wildman–Crippen MR) is 318 cm³/mol. The van der Waals surface area contributed by atoms with Gasteiger partial charge in [-0.05, 0) is 122 Å². The van der Waals surface area contributed by atoms with Crippen molar-refractivity contribution >= 4 is 41.0 Å². The zero-order chi connectivity index (χ0) is 58.1. The molecule has 0 aromatic heterocycles. The Balaban J connectivity index is 0.000000276. The number of piperidine rings is 2. The number of ether oxygens (including phenoxy) is 7. The monoisotopic (exact) mass is 1160 g/mol. The normalized spacial score (nSPS) is 17.7. The quantitative estimate of drug-likeness (QED) is 0.0619. The molecule has 0 saturated carbocycles. The van der Waals surface area contributed by atoms with Crippen LogP contribution in [0.3, 0.4) is 0 Å². The Bertz CT molecular complexity index is 2850. The zero-order valence-electron chi connectivity index (χ0n) is 51.0. The maximum absolute atomic E-state index is 14.1. The number of halogens is 1. The number of imide groups is 1. The number of fused-ring (bicyclic) bond motifs is 3. The summed E-state index contributed by atoms with van der Waals surface area (Å²) in [7, 11) is 11.6. The second-order valence-corrected chi connectivity index (χ2v) is 22.6. The average Bonchev–Trinajstić information content (AvgIpc) is 2.79. The molecule has 5 aliphatic heterocycles. The summed E-state index contributed by atoms with van der Waals surface area (Å²) < 4.78 is 38.0. The van der Waals surface area contributed by atoms with Gasteiger partial charge >= 0.3 is 35.1 Å². The van der Waals surface area contributed by atoms with Gasteiger partial charge in [-0.25, -0.2) is 28.7 Å². The zero-order valence-corrected chi connectivity index (χ0v) is 53.2. The van der Waals surface area contributed by atoms with Crippen LogP contribution >= 0.6 is 0 Å². The minimum Gasteiger partial charge on any atom is -1.00 e. The van der Waals surface area contributed by atoms with Gasteiger partial charge in [-0.3, -0.25) is 24.4 Å². The van der Waals surface area contributed by atoms with E-state index >= 15 is 0 Å². The van der Waals surface area contributed by atoms with Crippen LogP contribution in [0.4, 0.5) is 9.59 Å². The van der Waals surface area contributed by atoms with E-state index in [4.69, 9.17) is 33.2 Å². The predicted octanol–water partition coefficient (Wildman–Crippen LogP) is 6.90. The summed E-state index contributed by atoms with van der Waals surface area (Å²) in [5, 5.41) is 0. The molecule has 4 aromatic carbocycles. The Morgan fingerprint density at radius 3 is 1.41 bits per heavy atom. The Kier molecular flexibility index (Phi) is 23.9. The van der Waals surface area contributed by atoms with Gasteiger partial charge < -0.3 is 55.4 Å². The molecule has 0 radical (unpaired) electrons. The Labute approximate surface area is 510 Å². The van der Waals surface area contributed by atoms with E-state index in [1.54, 1.807) is 54.7 Å². The first-order valence-electron chi connectivity index (χ1n) is 27.7. The van der Waals surface area contributed by atoms with Gasteiger partial charge in [-0.2, -0.15) is 0 Å². The summed E-state index contributed by atoms with van der Waals surface area (Å²) in [5.74, 6) is 3.68. The molecule has 18 heteroatoms. The van der Waals surface area contributed by atoms with Crippen molar-refractivity contribution in [3.05, 3.63) is 142 Å². The molecule has 0 N–H and O–H groups in total. The first kappa shape index (κ1) is 67.1. The van der Waals surface area contributed by atoms with E-state index in [0.717, 1.165) is 77.7 Å². The van der Waals surface area contributed by atoms with E-state index in [1.165, 1.54) is 38.4 Å². The summed E-state index contributed by atoms with van der Waals surface area (Å²) in [6, 6.07) is 22.1. The molecule has 0 aliphatic carbocycles. The molecule has 0 atom stereocenters. The number of benzene rings is 4. The number of carbonyl (C=O) groups is 3. The molecular weight excluding hydrogens is 1070 g/mol. The minimum atomic E-state index is -0.855. The van der Waals surface area contributed by atoms with Crippen LogP contribution in [0, 0.1) is 27.7 Å². The van der Waals surface area contributed by atoms with Crippen molar-refractivity contribution < 1.29 is 59.9 Å². The number of methoxy groups -OCH3 is 7. The van der Waals surface area contributed by atoms with E-state index in [1.807, 2.05) is 56.3 Å². The summed E-state index contributed by atoms with van der Waals surface area (Å²) in [6.45, 7) is 27.1. The number of urea groups is 2. The second-order valence-electron chi connectivity index (χ2n) is 22.6. The first-order chi connectivity index (χ1) is 38.2. The molecule has 5 heterocycles. The summed E-state index contributed by atoms with van der Waals surface area (Å²) >= 11 is 0. The van der Waals surface area contributed by atoms with Crippen molar-refractivity contribution in [3.63, 3.8) is 0 Å². The van der Waals surface area contributed by atoms with Gasteiger partial charge in [0.1, 0.15) is 34.3 Å². The van der Waals surface area contributed by atoms with Gasteiger partial charge in [-0.1, -0.05) is 50.6 Å². The van der Waals surface area contributed by atoms with E-state index < -0.39 is 5.54 Å². The Hall–Kier alpha value is -5.66. The van der Waals surface area contributed by atoms with Crippen LogP contribution in [-0.4, -0.2) is 184 Å². The van der Waals surface area contributed by atoms with Crippen LogP contribution < -0.4 is 36.1 Å². The molecule has 4 aromatic rings. The molecule has 442 valence electrons. The molecular formula is C64H87ClMgN6O10. The van der Waals surface area contributed by atoms with Gasteiger partial charge in [0.25, 0.3) is 5.91 Å². The number of aryl methyl sites for hydroxylation is 3.